The van der Waals surface area contributed by atoms with Crippen LogP contribution in [-0.2, 0) is 9.59 Å². The van der Waals surface area contributed by atoms with Crippen molar-refractivity contribution < 1.29 is 9.59 Å². The third-order valence-corrected chi connectivity index (χ3v) is 3.15. The Bertz CT molecular complexity index is 258. The maximum absolute atomic E-state index is 11.6. The number of rotatable bonds is 6. The van der Waals surface area contributed by atoms with Gasteiger partial charge in [0.05, 0.1) is 6.54 Å². The van der Waals surface area contributed by atoms with Crippen molar-refractivity contribution in [3.05, 3.63) is 0 Å². The molecular weight excluding hydrogens is 218 g/mol. The molecule has 1 heterocycles. The number of amides is 2. The first-order valence-electron chi connectivity index (χ1n) is 6.45. The second-order valence-corrected chi connectivity index (χ2v) is 4.34. The van der Waals surface area contributed by atoms with E-state index in [1.54, 1.807) is 4.90 Å². The van der Waals surface area contributed by atoms with E-state index in [9.17, 15) is 9.59 Å². The lowest BCUT2D eigenvalue weighted by Crippen LogP contribution is -2.41. The first-order chi connectivity index (χ1) is 8.17. The first-order valence-corrected chi connectivity index (χ1v) is 6.45. The van der Waals surface area contributed by atoms with Crippen molar-refractivity contribution in [1.29, 1.82) is 0 Å². The molecule has 2 N–H and O–H groups in total. The van der Waals surface area contributed by atoms with E-state index in [2.05, 4.69) is 10.6 Å². The lowest BCUT2D eigenvalue weighted by Gasteiger charge is -2.19. The van der Waals surface area contributed by atoms with Crippen LogP contribution in [0, 0.1) is 0 Å². The average molecular weight is 241 g/mol. The van der Waals surface area contributed by atoms with Gasteiger partial charge in [-0.15, -0.1) is 0 Å². The van der Waals surface area contributed by atoms with E-state index in [1.807, 2.05) is 13.8 Å². The minimum atomic E-state index is -0.0371. The highest BCUT2D eigenvalue weighted by atomic mass is 16.2. The molecule has 0 aromatic heterocycles. The Morgan fingerprint density at radius 3 is 2.59 bits per heavy atom. The van der Waals surface area contributed by atoms with Crippen LogP contribution in [0.2, 0.25) is 0 Å². The summed E-state index contributed by atoms with van der Waals surface area (Å²) in [5.41, 5.74) is 0. The zero-order valence-corrected chi connectivity index (χ0v) is 10.8. The summed E-state index contributed by atoms with van der Waals surface area (Å²) in [5, 5.41) is 5.95. The van der Waals surface area contributed by atoms with Crippen molar-refractivity contribution in [3.8, 4) is 0 Å². The molecule has 1 aliphatic rings. The van der Waals surface area contributed by atoms with Crippen LogP contribution in [0.3, 0.4) is 0 Å². The molecule has 2 amide bonds. The number of carbonyl (C=O) groups is 2. The van der Waals surface area contributed by atoms with Gasteiger partial charge in [-0.2, -0.15) is 0 Å². The molecule has 1 fully saturated rings. The molecule has 0 aromatic carbocycles. The van der Waals surface area contributed by atoms with Gasteiger partial charge in [0.2, 0.25) is 11.8 Å². The van der Waals surface area contributed by atoms with Crippen LogP contribution in [0.4, 0.5) is 0 Å². The summed E-state index contributed by atoms with van der Waals surface area (Å²) in [6, 6.07) is 0.290. The number of likely N-dealkylation sites (N-methyl/N-ethyl adjacent to an activating group) is 1. The Morgan fingerprint density at radius 2 is 2.06 bits per heavy atom. The molecule has 0 aliphatic carbocycles. The summed E-state index contributed by atoms with van der Waals surface area (Å²) in [6.45, 7) is 6.37. The quantitative estimate of drug-likeness (QED) is 0.694. The van der Waals surface area contributed by atoms with Crippen LogP contribution in [0.25, 0.3) is 0 Å². The van der Waals surface area contributed by atoms with Gasteiger partial charge in [-0.25, -0.2) is 0 Å². The van der Waals surface area contributed by atoms with Crippen molar-refractivity contribution in [2.45, 2.75) is 39.2 Å². The lowest BCUT2D eigenvalue weighted by molar-refractivity contribution is -0.132. The molecular formula is C12H23N3O2. The van der Waals surface area contributed by atoms with E-state index in [0.29, 0.717) is 25.6 Å². The van der Waals surface area contributed by atoms with Gasteiger partial charge < -0.3 is 15.5 Å². The highest BCUT2D eigenvalue weighted by Crippen LogP contribution is 2.07. The number of hydrogen-bond donors (Lipinski definition) is 2. The van der Waals surface area contributed by atoms with Gasteiger partial charge in [0, 0.05) is 25.6 Å². The number of nitrogens with zero attached hydrogens (tertiary/aromatic N) is 1. The Balaban J connectivity index is 2.20. The molecule has 0 saturated carbocycles. The van der Waals surface area contributed by atoms with E-state index in [0.717, 1.165) is 19.4 Å². The second kappa shape index (κ2) is 7.27. The zero-order valence-electron chi connectivity index (χ0n) is 10.8. The van der Waals surface area contributed by atoms with Crippen LogP contribution >= 0.6 is 0 Å². The first kappa shape index (κ1) is 14.0. The summed E-state index contributed by atoms with van der Waals surface area (Å²) in [7, 11) is 0. The van der Waals surface area contributed by atoms with Crippen molar-refractivity contribution in [2.24, 2.45) is 0 Å². The Labute approximate surface area is 103 Å². The van der Waals surface area contributed by atoms with Crippen LogP contribution in [-0.4, -0.2) is 48.9 Å². The van der Waals surface area contributed by atoms with E-state index >= 15 is 0 Å². The molecule has 98 valence electrons. The summed E-state index contributed by atoms with van der Waals surface area (Å²) in [6.07, 6.45) is 2.67. The van der Waals surface area contributed by atoms with E-state index in [1.165, 1.54) is 0 Å². The number of hydrogen-bond acceptors (Lipinski definition) is 3. The summed E-state index contributed by atoms with van der Waals surface area (Å²) < 4.78 is 0. The van der Waals surface area contributed by atoms with Gasteiger partial charge in [-0.1, -0.05) is 0 Å². The van der Waals surface area contributed by atoms with Gasteiger partial charge in [0.15, 0.2) is 0 Å². The predicted molar refractivity (Wildman–Crippen MR) is 66.6 cm³/mol. The Morgan fingerprint density at radius 1 is 1.35 bits per heavy atom. The Hall–Kier alpha value is -1.10. The van der Waals surface area contributed by atoms with E-state index < -0.39 is 0 Å². The van der Waals surface area contributed by atoms with Crippen LogP contribution in [0.15, 0.2) is 0 Å². The smallest absolute Gasteiger partial charge is 0.241 e. The normalized spacial score (nSPS) is 19.1. The molecule has 0 bridgehead atoms. The third-order valence-electron chi connectivity index (χ3n) is 3.15. The van der Waals surface area contributed by atoms with Gasteiger partial charge in [0.25, 0.3) is 0 Å². The molecule has 1 saturated heterocycles. The fourth-order valence-corrected chi connectivity index (χ4v) is 2.09. The SMILES string of the molecule is CCN(CC)C(=O)CNC(=O)CC1CCCN1. The van der Waals surface area contributed by atoms with E-state index in [-0.39, 0.29) is 18.4 Å². The molecule has 1 aliphatic heterocycles. The summed E-state index contributed by atoms with van der Waals surface area (Å²) in [5.74, 6) is -0.0485. The molecule has 0 radical (unpaired) electrons. The standard InChI is InChI=1S/C12H23N3O2/c1-3-15(4-2)12(17)9-14-11(16)8-10-6-5-7-13-10/h10,13H,3-9H2,1-2H3,(H,14,16). The van der Waals surface area contributed by atoms with Gasteiger partial charge in [-0.3, -0.25) is 9.59 Å². The van der Waals surface area contributed by atoms with Crippen molar-refractivity contribution in [1.82, 2.24) is 15.5 Å². The molecule has 1 atom stereocenters. The number of nitrogens with one attached hydrogen (secondary N) is 2. The topological polar surface area (TPSA) is 61.4 Å². The summed E-state index contributed by atoms with van der Waals surface area (Å²) >= 11 is 0. The molecule has 5 nitrogen and oxygen atoms in total. The van der Waals surface area contributed by atoms with Crippen LogP contribution < -0.4 is 10.6 Å². The number of carbonyl (C=O) groups excluding carboxylic acids is 2. The van der Waals surface area contributed by atoms with Gasteiger partial charge in [0.1, 0.15) is 0 Å². The maximum Gasteiger partial charge on any atom is 0.241 e. The fourth-order valence-electron chi connectivity index (χ4n) is 2.09. The molecule has 0 spiro atoms. The summed E-state index contributed by atoms with van der Waals surface area (Å²) in [4.78, 5) is 24.9. The van der Waals surface area contributed by atoms with Gasteiger partial charge in [-0.05, 0) is 33.2 Å². The third kappa shape index (κ3) is 4.73. The zero-order chi connectivity index (χ0) is 12.7. The highest BCUT2D eigenvalue weighted by molar-refractivity contribution is 5.84. The van der Waals surface area contributed by atoms with E-state index in [4.69, 9.17) is 0 Å². The maximum atomic E-state index is 11.6. The van der Waals surface area contributed by atoms with Crippen LogP contribution in [0.5, 0.6) is 0 Å². The van der Waals surface area contributed by atoms with Crippen molar-refractivity contribution in [3.63, 3.8) is 0 Å². The molecule has 17 heavy (non-hydrogen) atoms. The minimum Gasteiger partial charge on any atom is -0.347 e. The van der Waals surface area contributed by atoms with Crippen molar-refractivity contribution in [2.75, 3.05) is 26.2 Å². The van der Waals surface area contributed by atoms with Crippen molar-refractivity contribution >= 4 is 11.8 Å². The molecule has 1 rings (SSSR count). The Kier molecular flexibility index (Phi) is 5.97. The molecule has 0 aromatic rings. The fraction of sp³-hybridized carbons (Fsp3) is 0.833. The van der Waals surface area contributed by atoms with Crippen LogP contribution in [0.1, 0.15) is 33.1 Å². The molecule has 5 heteroatoms. The largest absolute Gasteiger partial charge is 0.347 e. The highest BCUT2D eigenvalue weighted by Gasteiger charge is 2.18. The second-order valence-electron chi connectivity index (χ2n) is 4.34. The lowest BCUT2D eigenvalue weighted by atomic mass is 10.1. The molecule has 1 unspecified atom stereocenters. The monoisotopic (exact) mass is 241 g/mol. The average Bonchev–Trinajstić information content (AvgIpc) is 2.81. The van der Waals surface area contributed by atoms with Gasteiger partial charge >= 0.3 is 0 Å². The minimum absolute atomic E-state index is 0.0114. The predicted octanol–water partition coefficient (Wildman–Crippen LogP) is 0.113.